The molecule has 3 heteroatoms. The number of fused-ring (bicyclic) bond motifs is 1. The molecule has 2 aliphatic rings. The van der Waals surface area contributed by atoms with Crippen molar-refractivity contribution in [2.24, 2.45) is 17.3 Å². The molecule has 3 unspecified atom stereocenters. The molecule has 0 aliphatic heterocycles. The molecule has 3 atom stereocenters. The van der Waals surface area contributed by atoms with Gasteiger partial charge in [0.2, 0.25) is 0 Å². The fourth-order valence-electron chi connectivity index (χ4n) is 3.23. The maximum absolute atomic E-state index is 11.8. The van der Waals surface area contributed by atoms with E-state index in [9.17, 15) is 9.59 Å². The third-order valence-corrected chi connectivity index (χ3v) is 4.64. The predicted molar refractivity (Wildman–Crippen MR) is 73.4 cm³/mol. The van der Waals surface area contributed by atoms with E-state index in [1.165, 1.54) is 7.11 Å². The van der Waals surface area contributed by atoms with Gasteiger partial charge in [-0.2, -0.15) is 0 Å². The van der Waals surface area contributed by atoms with Crippen LogP contribution in [0.15, 0.2) is 36.5 Å². The molecule has 3 nitrogen and oxygen atoms in total. The van der Waals surface area contributed by atoms with Crippen molar-refractivity contribution in [3.05, 3.63) is 36.5 Å². The van der Waals surface area contributed by atoms with Gasteiger partial charge in [-0.3, -0.25) is 4.79 Å². The van der Waals surface area contributed by atoms with E-state index < -0.39 is 0 Å². The van der Waals surface area contributed by atoms with Crippen LogP contribution in [0, 0.1) is 17.3 Å². The summed E-state index contributed by atoms with van der Waals surface area (Å²) in [6.45, 7) is 9.94. The number of hydrogen-bond donors (Lipinski definition) is 0. The number of rotatable bonds is 2. The molecule has 19 heavy (non-hydrogen) atoms. The van der Waals surface area contributed by atoms with Gasteiger partial charge in [-0.25, -0.2) is 4.79 Å². The van der Waals surface area contributed by atoms with Gasteiger partial charge < -0.3 is 4.74 Å². The number of esters is 1. The molecule has 0 aromatic rings. The number of allylic oxidation sites excluding steroid dienone is 3. The quantitative estimate of drug-likeness (QED) is 0.566. The molecule has 1 fully saturated rings. The van der Waals surface area contributed by atoms with Crippen molar-refractivity contribution in [2.75, 3.05) is 7.11 Å². The lowest BCUT2D eigenvalue weighted by Gasteiger charge is -2.45. The van der Waals surface area contributed by atoms with E-state index in [1.807, 2.05) is 6.08 Å². The van der Waals surface area contributed by atoms with Gasteiger partial charge >= 0.3 is 5.97 Å². The highest BCUT2D eigenvalue weighted by Gasteiger charge is 2.44. The molecule has 0 amide bonds. The summed E-state index contributed by atoms with van der Waals surface area (Å²) < 4.78 is 4.73. The minimum Gasteiger partial charge on any atom is -0.466 e. The van der Waals surface area contributed by atoms with Crippen molar-refractivity contribution in [3.8, 4) is 0 Å². The summed E-state index contributed by atoms with van der Waals surface area (Å²) in [5.41, 5.74) is 1.16. The van der Waals surface area contributed by atoms with Crippen LogP contribution < -0.4 is 0 Å². The third-order valence-electron chi connectivity index (χ3n) is 4.64. The van der Waals surface area contributed by atoms with Crippen LogP contribution in [0.25, 0.3) is 0 Å². The number of carbonyl (C=O) groups excluding carboxylic acids is 2. The summed E-state index contributed by atoms with van der Waals surface area (Å²) in [4.78, 5) is 23.3. The monoisotopic (exact) mass is 260 g/mol. The van der Waals surface area contributed by atoms with E-state index >= 15 is 0 Å². The van der Waals surface area contributed by atoms with Crippen LogP contribution in [0.2, 0.25) is 0 Å². The molecule has 0 spiro atoms. The van der Waals surface area contributed by atoms with E-state index in [0.717, 1.165) is 19.3 Å². The summed E-state index contributed by atoms with van der Waals surface area (Å²) in [6, 6.07) is 0. The van der Waals surface area contributed by atoms with Crippen LogP contribution in [0.5, 0.6) is 0 Å². The Bertz CT molecular complexity index is 486. The maximum Gasteiger partial charge on any atom is 0.333 e. The summed E-state index contributed by atoms with van der Waals surface area (Å²) >= 11 is 0. The topological polar surface area (TPSA) is 43.4 Å². The van der Waals surface area contributed by atoms with Crippen LogP contribution >= 0.6 is 0 Å². The normalized spacial score (nSPS) is 33.8. The highest BCUT2D eigenvalue weighted by Crippen LogP contribution is 2.51. The molecule has 1 saturated carbocycles. The zero-order valence-corrected chi connectivity index (χ0v) is 11.6. The summed E-state index contributed by atoms with van der Waals surface area (Å²) in [6.07, 6.45) is 6.22. The van der Waals surface area contributed by atoms with Crippen LogP contribution in [0.1, 0.15) is 26.2 Å². The van der Waals surface area contributed by atoms with Gasteiger partial charge in [-0.15, -0.1) is 0 Å². The fraction of sp³-hybridized carbons (Fsp3) is 0.500. The lowest BCUT2D eigenvalue weighted by Crippen LogP contribution is -2.39. The molecule has 2 rings (SSSR count). The molecular formula is C16H20O3. The van der Waals surface area contributed by atoms with Gasteiger partial charge in [-0.05, 0) is 48.2 Å². The Morgan fingerprint density at radius 1 is 1.53 bits per heavy atom. The average molecular weight is 260 g/mol. The van der Waals surface area contributed by atoms with Crippen molar-refractivity contribution >= 4 is 11.8 Å². The van der Waals surface area contributed by atoms with Gasteiger partial charge in [-0.1, -0.05) is 26.2 Å². The van der Waals surface area contributed by atoms with E-state index in [2.05, 4.69) is 20.1 Å². The van der Waals surface area contributed by atoms with Crippen molar-refractivity contribution in [1.82, 2.24) is 0 Å². The van der Waals surface area contributed by atoms with E-state index in [4.69, 9.17) is 4.74 Å². The number of ether oxygens (including phenoxy) is 1. The Morgan fingerprint density at radius 2 is 2.21 bits per heavy atom. The van der Waals surface area contributed by atoms with Crippen LogP contribution in [-0.2, 0) is 14.3 Å². The molecule has 102 valence electrons. The molecule has 0 bridgehead atoms. The highest BCUT2D eigenvalue weighted by atomic mass is 16.5. The van der Waals surface area contributed by atoms with Gasteiger partial charge in [0, 0.05) is 5.57 Å². The first-order chi connectivity index (χ1) is 8.89. The molecular weight excluding hydrogens is 240 g/mol. The number of hydrogen-bond acceptors (Lipinski definition) is 3. The van der Waals surface area contributed by atoms with Crippen LogP contribution in [0.3, 0.4) is 0 Å². The van der Waals surface area contributed by atoms with Crippen molar-refractivity contribution < 1.29 is 14.3 Å². The Labute approximate surface area is 114 Å². The molecule has 0 saturated heterocycles. The minimum absolute atomic E-state index is 0.00630. The summed E-state index contributed by atoms with van der Waals surface area (Å²) in [5.74, 6) is -0.157. The van der Waals surface area contributed by atoms with Crippen molar-refractivity contribution in [2.45, 2.75) is 26.2 Å². The van der Waals surface area contributed by atoms with Crippen LogP contribution in [-0.4, -0.2) is 18.9 Å². The van der Waals surface area contributed by atoms with Gasteiger partial charge in [0.1, 0.15) is 0 Å². The largest absolute Gasteiger partial charge is 0.466 e. The Hall–Kier alpha value is -1.64. The SMILES string of the molecule is C=C(C(=O)OC)C1CCC2(C)C=CC(=O)C(=C)C2C1. The molecule has 0 aromatic carbocycles. The van der Waals surface area contributed by atoms with E-state index in [0.29, 0.717) is 11.1 Å². The van der Waals surface area contributed by atoms with Gasteiger partial charge in [0.05, 0.1) is 7.11 Å². The number of ketones is 1. The summed E-state index contributed by atoms with van der Waals surface area (Å²) in [7, 11) is 1.37. The lowest BCUT2D eigenvalue weighted by atomic mass is 9.58. The third kappa shape index (κ3) is 2.29. The van der Waals surface area contributed by atoms with E-state index in [-0.39, 0.29) is 29.0 Å². The molecule has 0 aromatic heterocycles. The first kappa shape index (κ1) is 13.8. The van der Waals surface area contributed by atoms with Gasteiger partial charge in [0.25, 0.3) is 0 Å². The first-order valence-electron chi connectivity index (χ1n) is 6.58. The summed E-state index contributed by atoms with van der Waals surface area (Å²) in [5, 5.41) is 0. The van der Waals surface area contributed by atoms with Crippen LogP contribution in [0.4, 0.5) is 0 Å². The standard InChI is InChI=1S/C16H20O3/c1-10(15(18)19-4)12-5-7-16(3)8-6-14(17)11(2)13(16)9-12/h6,8,12-13H,1-2,5,7,9H2,3-4H3. The van der Waals surface area contributed by atoms with E-state index in [1.54, 1.807) is 6.08 Å². The maximum atomic E-state index is 11.8. The Morgan fingerprint density at radius 3 is 2.84 bits per heavy atom. The average Bonchev–Trinajstić information content (AvgIpc) is 2.41. The second kappa shape index (κ2) is 4.80. The zero-order chi connectivity index (χ0) is 14.2. The zero-order valence-electron chi connectivity index (χ0n) is 11.6. The molecule has 0 radical (unpaired) electrons. The minimum atomic E-state index is -0.350. The molecule has 2 aliphatic carbocycles. The second-order valence-corrected chi connectivity index (χ2v) is 5.77. The Kier molecular flexibility index (Phi) is 3.48. The highest BCUT2D eigenvalue weighted by molar-refractivity contribution is 6.05. The van der Waals surface area contributed by atoms with Crippen molar-refractivity contribution in [1.29, 1.82) is 0 Å². The first-order valence-corrected chi connectivity index (χ1v) is 6.58. The second-order valence-electron chi connectivity index (χ2n) is 5.77. The fourth-order valence-corrected chi connectivity index (χ4v) is 3.23. The lowest BCUT2D eigenvalue weighted by molar-refractivity contribution is -0.137. The molecule has 0 heterocycles. The Balaban J connectivity index is 2.21. The predicted octanol–water partition coefficient (Wildman–Crippen LogP) is 2.83. The van der Waals surface area contributed by atoms with Crippen molar-refractivity contribution in [3.63, 3.8) is 0 Å². The number of methoxy groups -OCH3 is 1. The van der Waals surface area contributed by atoms with Gasteiger partial charge in [0.15, 0.2) is 5.78 Å². The number of carbonyl (C=O) groups is 2. The molecule has 0 N–H and O–H groups in total. The smallest absolute Gasteiger partial charge is 0.333 e.